The summed E-state index contributed by atoms with van der Waals surface area (Å²) in [5.74, 6) is -0.973. The molecule has 0 unspecified atom stereocenters. The summed E-state index contributed by atoms with van der Waals surface area (Å²) >= 11 is 3.42. The number of carbonyl (C=O) groups excluding carboxylic acids is 1. The van der Waals surface area contributed by atoms with Crippen LogP contribution < -0.4 is 0 Å². The van der Waals surface area contributed by atoms with Gasteiger partial charge < -0.3 is 9.47 Å². The molecule has 1 aromatic rings. The van der Waals surface area contributed by atoms with Crippen LogP contribution in [0.25, 0.3) is 0 Å². The number of esters is 1. The Morgan fingerprint density at radius 2 is 1.57 bits per heavy atom. The first-order chi connectivity index (χ1) is 11.1. The molecule has 0 aliphatic carbocycles. The van der Waals surface area contributed by atoms with Gasteiger partial charge in [-0.15, -0.1) is 0 Å². The van der Waals surface area contributed by atoms with Crippen LogP contribution in [0.2, 0.25) is 0 Å². The summed E-state index contributed by atoms with van der Waals surface area (Å²) in [6.45, 7) is 4.35. The summed E-state index contributed by atoms with van der Waals surface area (Å²) in [6, 6.07) is 7.70. The van der Waals surface area contributed by atoms with E-state index in [-0.39, 0.29) is 5.97 Å². The predicted octanol–water partition coefficient (Wildman–Crippen LogP) is 5.92. The number of halogens is 1. The minimum absolute atomic E-state index is 0.250. The molecule has 4 heteroatoms. The van der Waals surface area contributed by atoms with E-state index in [9.17, 15) is 4.79 Å². The molecule has 128 valence electrons. The third kappa shape index (κ3) is 5.05. The number of hydrogen-bond donors (Lipinski definition) is 0. The van der Waals surface area contributed by atoms with Crippen molar-refractivity contribution >= 4 is 21.9 Å². The van der Waals surface area contributed by atoms with Crippen molar-refractivity contribution in [2.24, 2.45) is 0 Å². The Bertz CT molecular complexity index is 488. The molecular formula is C19H27BrO3. The zero-order valence-electron chi connectivity index (χ0n) is 14.1. The molecule has 0 spiro atoms. The molecule has 3 nitrogen and oxygen atoms in total. The number of benzene rings is 1. The van der Waals surface area contributed by atoms with E-state index in [2.05, 4.69) is 29.8 Å². The van der Waals surface area contributed by atoms with Crippen molar-refractivity contribution in [3.63, 3.8) is 0 Å². The first-order valence-corrected chi connectivity index (χ1v) is 9.55. The largest absolute Gasteiger partial charge is 0.431 e. The van der Waals surface area contributed by atoms with E-state index in [4.69, 9.17) is 9.47 Å². The predicted molar refractivity (Wildman–Crippen MR) is 95.1 cm³/mol. The summed E-state index contributed by atoms with van der Waals surface area (Å²) in [7, 11) is 0. The monoisotopic (exact) mass is 382 g/mol. The SMILES string of the molecule is CCCCCC1(CCCCC)OC(=O)[C@@H](c2ccc(Br)cc2)O1. The second-order valence-corrected chi connectivity index (χ2v) is 7.21. The minimum atomic E-state index is -0.723. The molecule has 1 aromatic carbocycles. The third-order valence-corrected chi connectivity index (χ3v) is 4.86. The van der Waals surface area contributed by atoms with Crippen LogP contribution in [-0.4, -0.2) is 11.8 Å². The highest BCUT2D eigenvalue weighted by molar-refractivity contribution is 9.10. The Hall–Kier alpha value is -0.870. The van der Waals surface area contributed by atoms with Crippen molar-refractivity contribution in [3.05, 3.63) is 34.3 Å². The van der Waals surface area contributed by atoms with E-state index >= 15 is 0 Å². The molecule has 23 heavy (non-hydrogen) atoms. The smallest absolute Gasteiger partial charge is 0.342 e. The molecule has 1 heterocycles. The summed E-state index contributed by atoms with van der Waals surface area (Å²) in [5, 5.41) is 0. The van der Waals surface area contributed by atoms with Gasteiger partial charge in [-0.05, 0) is 30.5 Å². The summed E-state index contributed by atoms with van der Waals surface area (Å²) in [4.78, 5) is 12.4. The number of ether oxygens (including phenoxy) is 2. The molecule has 1 aliphatic rings. The van der Waals surface area contributed by atoms with Crippen LogP contribution in [0, 0.1) is 0 Å². The van der Waals surface area contributed by atoms with E-state index < -0.39 is 11.9 Å². The lowest BCUT2D eigenvalue weighted by atomic mass is 10.0. The van der Waals surface area contributed by atoms with Crippen LogP contribution in [0.15, 0.2) is 28.7 Å². The van der Waals surface area contributed by atoms with Gasteiger partial charge in [0.05, 0.1) is 0 Å². The Morgan fingerprint density at radius 1 is 1.00 bits per heavy atom. The molecule has 2 rings (SSSR count). The van der Waals surface area contributed by atoms with Crippen LogP contribution in [0.1, 0.15) is 76.9 Å². The van der Waals surface area contributed by atoms with Gasteiger partial charge in [0, 0.05) is 17.3 Å². The molecular weight excluding hydrogens is 356 g/mol. The maximum atomic E-state index is 12.4. The normalized spacial score (nSPS) is 19.8. The number of hydrogen-bond acceptors (Lipinski definition) is 3. The Labute approximate surface area is 147 Å². The van der Waals surface area contributed by atoms with Crippen LogP contribution in [0.3, 0.4) is 0 Å². The molecule has 0 N–H and O–H groups in total. The molecule has 0 radical (unpaired) electrons. The third-order valence-electron chi connectivity index (χ3n) is 4.33. The lowest BCUT2D eigenvalue weighted by Gasteiger charge is -2.27. The van der Waals surface area contributed by atoms with Gasteiger partial charge in [-0.2, -0.15) is 0 Å². The molecule has 1 aliphatic heterocycles. The minimum Gasteiger partial charge on any atom is -0.431 e. The molecule has 0 saturated carbocycles. The second-order valence-electron chi connectivity index (χ2n) is 6.30. The highest BCUT2D eigenvalue weighted by Crippen LogP contribution is 2.41. The standard InChI is InChI=1S/C19H27BrO3/c1-3-5-7-13-19(14-8-6-4-2)22-17(18(21)23-19)15-9-11-16(20)12-10-15/h9-12,17H,3-8,13-14H2,1-2H3/t17-/m1/s1. The summed E-state index contributed by atoms with van der Waals surface area (Å²) < 4.78 is 13.0. The molecule has 1 fully saturated rings. The van der Waals surface area contributed by atoms with E-state index in [1.807, 2.05) is 24.3 Å². The van der Waals surface area contributed by atoms with Crippen molar-refractivity contribution < 1.29 is 14.3 Å². The van der Waals surface area contributed by atoms with Gasteiger partial charge in [0.1, 0.15) is 0 Å². The lowest BCUT2D eigenvalue weighted by Crippen LogP contribution is -2.30. The quantitative estimate of drug-likeness (QED) is 0.392. The van der Waals surface area contributed by atoms with Crippen molar-refractivity contribution in [3.8, 4) is 0 Å². The highest BCUT2D eigenvalue weighted by atomic mass is 79.9. The fraction of sp³-hybridized carbons (Fsp3) is 0.632. The van der Waals surface area contributed by atoms with Gasteiger partial charge in [-0.3, -0.25) is 0 Å². The Balaban J connectivity index is 2.09. The molecule has 0 bridgehead atoms. The van der Waals surface area contributed by atoms with Crippen molar-refractivity contribution in [2.75, 3.05) is 0 Å². The second kappa shape index (κ2) is 8.84. The van der Waals surface area contributed by atoms with Gasteiger partial charge in [-0.25, -0.2) is 4.79 Å². The molecule has 0 amide bonds. The van der Waals surface area contributed by atoms with Crippen LogP contribution in [0.5, 0.6) is 0 Å². The van der Waals surface area contributed by atoms with Crippen molar-refractivity contribution in [1.82, 2.24) is 0 Å². The summed E-state index contributed by atoms with van der Waals surface area (Å²) in [6.07, 6.45) is 7.63. The van der Waals surface area contributed by atoms with Crippen molar-refractivity contribution in [2.45, 2.75) is 77.1 Å². The zero-order chi connectivity index (χ0) is 16.7. The van der Waals surface area contributed by atoms with Crippen molar-refractivity contribution in [1.29, 1.82) is 0 Å². The number of unbranched alkanes of at least 4 members (excludes halogenated alkanes) is 4. The van der Waals surface area contributed by atoms with Gasteiger partial charge >= 0.3 is 5.97 Å². The molecule has 1 saturated heterocycles. The average molecular weight is 383 g/mol. The fourth-order valence-electron chi connectivity index (χ4n) is 3.00. The molecule has 1 atom stereocenters. The van der Waals surface area contributed by atoms with Gasteiger partial charge in [0.25, 0.3) is 0 Å². The van der Waals surface area contributed by atoms with Gasteiger partial charge in [-0.1, -0.05) is 67.6 Å². The molecule has 0 aromatic heterocycles. The average Bonchev–Trinajstić information content (AvgIpc) is 2.86. The van der Waals surface area contributed by atoms with E-state index in [1.54, 1.807) is 0 Å². The number of cyclic esters (lactones) is 1. The topological polar surface area (TPSA) is 35.5 Å². The lowest BCUT2D eigenvalue weighted by molar-refractivity contribution is -0.186. The van der Waals surface area contributed by atoms with E-state index in [0.717, 1.165) is 61.4 Å². The fourth-order valence-corrected chi connectivity index (χ4v) is 3.26. The van der Waals surface area contributed by atoms with Crippen LogP contribution in [0.4, 0.5) is 0 Å². The first kappa shape index (κ1) is 18.5. The van der Waals surface area contributed by atoms with E-state index in [1.165, 1.54) is 0 Å². The number of rotatable bonds is 9. The highest BCUT2D eigenvalue weighted by Gasteiger charge is 2.47. The van der Waals surface area contributed by atoms with Crippen LogP contribution in [-0.2, 0) is 14.3 Å². The summed E-state index contributed by atoms with van der Waals surface area (Å²) in [5.41, 5.74) is 0.867. The maximum Gasteiger partial charge on any atom is 0.342 e. The first-order valence-electron chi connectivity index (χ1n) is 8.76. The number of carbonyl (C=O) groups is 1. The van der Waals surface area contributed by atoms with E-state index in [0.29, 0.717) is 0 Å². The van der Waals surface area contributed by atoms with Crippen LogP contribution >= 0.6 is 15.9 Å². The van der Waals surface area contributed by atoms with Gasteiger partial charge in [0.15, 0.2) is 6.10 Å². The zero-order valence-corrected chi connectivity index (χ0v) is 15.7. The maximum absolute atomic E-state index is 12.4. The Kier molecular flexibility index (Phi) is 7.09. The Morgan fingerprint density at radius 3 is 2.09 bits per heavy atom. The van der Waals surface area contributed by atoms with Gasteiger partial charge in [0.2, 0.25) is 5.79 Å².